The third-order valence-electron chi connectivity index (χ3n) is 4.99. The second kappa shape index (κ2) is 10.2. The molecule has 0 saturated carbocycles. The smallest absolute Gasteiger partial charge is 0.268 e. The Morgan fingerprint density at radius 3 is 2.21 bits per heavy atom. The van der Waals surface area contributed by atoms with Crippen molar-refractivity contribution in [2.75, 3.05) is 5.73 Å². The number of nitrogens with one attached hydrogen (secondary N) is 2. The number of nitrogen functional groups attached to an aromatic ring is 1. The van der Waals surface area contributed by atoms with Gasteiger partial charge in [-0.15, -0.1) is 0 Å². The zero-order valence-corrected chi connectivity index (χ0v) is 17.8. The minimum Gasteiger partial charge on any atom is -0.457 e. The first kappa shape index (κ1) is 21.6. The fraction of sp³-hybridized carbons (Fsp3) is 0.0370. The van der Waals surface area contributed by atoms with Crippen molar-refractivity contribution in [2.45, 2.75) is 6.54 Å². The molecule has 164 valence electrons. The van der Waals surface area contributed by atoms with Crippen LogP contribution < -0.4 is 16.4 Å². The number of amides is 2. The van der Waals surface area contributed by atoms with Crippen molar-refractivity contribution in [1.82, 2.24) is 10.6 Å². The second-order valence-corrected chi connectivity index (χ2v) is 7.33. The fourth-order valence-electron chi connectivity index (χ4n) is 3.24. The predicted octanol–water partition coefficient (Wildman–Crippen LogP) is 4.62. The molecular formula is C27H23N3O3. The van der Waals surface area contributed by atoms with Crippen LogP contribution in [0.3, 0.4) is 0 Å². The zero-order chi connectivity index (χ0) is 23.0. The Bertz CT molecular complexity index is 1280. The number of para-hydroxylation sites is 1. The summed E-state index contributed by atoms with van der Waals surface area (Å²) in [5.74, 6) is 0.242. The summed E-state index contributed by atoms with van der Waals surface area (Å²) >= 11 is 0. The number of hydrogen-bond donors (Lipinski definition) is 3. The molecule has 0 aliphatic carbocycles. The Labute approximate surface area is 191 Å². The summed E-state index contributed by atoms with van der Waals surface area (Å²) in [7, 11) is 0. The SMILES string of the molecule is Nc1ccccc1CNC(=O)/C(=C\c1ccc(-c2ccccc2)o1)NC(=O)c1ccccc1. The summed E-state index contributed by atoms with van der Waals surface area (Å²) in [4.78, 5) is 25.7. The monoisotopic (exact) mass is 437 g/mol. The maximum Gasteiger partial charge on any atom is 0.268 e. The van der Waals surface area contributed by atoms with E-state index in [1.807, 2.05) is 60.7 Å². The average Bonchev–Trinajstić information content (AvgIpc) is 3.32. The molecule has 0 saturated heterocycles. The lowest BCUT2D eigenvalue weighted by Crippen LogP contribution is -2.34. The van der Waals surface area contributed by atoms with E-state index in [4.69, 9.17) is 10.2 Å². The molecule has 4 N–H and O–H groups in total. The Kier molecular flexibility index (Phi) is 6.66. The summed E-state index contributed by atoms with van der Waals surface area (Å²) < 4.78 is 5.89. The van der Waals surface area contributed by atoms with Gasteiger partial charge in [-0.25, -0.2) is 0 Å². The van der Waals surface area contributed by atoms with E-state index in [1.54, 1.807) is 36.4 Å². The molecule has 0 radical (unpaired) electrons. The zero-order valence-electron chi connectivity index (χ0n) is 17.8. The fourth-order valence-corrected chi connectivity index (χ4v) is 3.24. The molecule has 0 unspecified atom stereocenters. The second-order valence-electron chi connectivity index (χ2n) is 7.33. The summed E-state index contributed by atoms with van der Waals surface area (Å²) in [6.07, 6.45) is 1.51. The highest BCUT2D eigenvalue weighted by Gasteiger charge is 2.16. The Balaban J connectivity index is 1.58. The van der Waals surface area contributed by atoms with Crippen molar-refractivity contribution in [3.05, 3.63) is 120 Å². The first-order chi connectivity index (χ1) is 16.1. The lowest BCUT2D eigenvalue weighted by molar-refractivity contribution is -0.117. The Hall–Kier alpha value is -4.58. The summed E-state index contributed by atoms with van der Waals surface area (Å²) in [5, 5.41) is 5.51. The average molecular weight is 437 g/mol. The van der Waals surface area contributed by atoms with Gasteiger partial charge >= 0.3 is 0 Å². The third-order valence-corrected chi connectivity index (χ3v) is 4.99. The molecule has 0 spiro atoms. The lowest BCUT2D eigenvalue weighted by Gasteiger charge is -2.12. The predicted molar refractivity (Wildman–Crippen MR) is 129 cm³/mol. The van der Waals surface area contributed by atoms with E-state index in [0.29, 0.717) is 22.8 Å². The van der Waals surface area contributed by atoms with Crippen LogP contribution in [0.25, 0.3) is 17.4 Å². The molecule has 0 aliphatic heterocycles. The molecule has 33 heavy (non-hydrogen) atoms. The van der Waals surface area contributed by atoms with Crippen LogP contribution in [0, 0.1) is 0 Å². The Morgan fingerprint density at radius 2 is 1.48 bits per heavy atom. The van der Waals surface area contributed by atoms with Crippen LogP contribution in [0.2, 0.25) is 0 Å². The van der Waals surface area contributed by atoms with Gasteiger partial charge in [0.1, 0.15) is 17.2 Å². The van der Waals surface area contributed by atoms with E-state index >= 15 is 0 Å². The van der Waals surface area contributed by atoms with Crippen LogP contribution in [0.5, 0.6) is 0 Å². The maximum atomic E-state index is 13.0. The van der Waals surface area contributed by atoms with Gasteiger partial charge in [-0.1, -0.05) is 66.7 Å². The van der Waals surface area contributed by atoms with Gasteiger partial charge in [0, 0.05) is 29.4 Å². The van der Waals surface area contributed by atoms with Crippen molar-refractivity contribution in [1.29, 1.82) is 0 Å². The number of carbonyl (C=O) groups excluding carboxylic acids is 2. The maximum absolute atomic E-state index is 13.0. The standard InChI is InChI=1S/C27H23N3O3/c28-23-14-8-7-13-21(23)18-29-27(32)24(30-26(31)20-11-5-2-6-12-20)17-22-15-16-25(33-22)19-9-3-1-4-10-19/h1-17H,18,28H2,(H,29,32)(H,30,31)/b24-17+. The molecule has 4 rings (SSSR count). The molecule has 0 aliphatic rings. The highest BCUT2D eigenvalue weighted by Crippen LogP contribution is 2.23. The third kappa shape index (κ3) is 5.57. The molecule has 3 aromatic carbocycles. The van der Waals surface area contributed by atoms with Gasteiger partial charge in [-0.05, 0) is 35.9 Å². The number of carbonyl (C=O) groups is 2. The van der Waals surface area contributed by atoms with E-state index in [-0.39, 0.29) is 12.2 Å². The summed E-state index contributed by atoms with van der Waals surface area (Å²) in [6.45, 7) is 0.220. The molecule has 6 heteroatoms. The van der Waals surface area contributed by atoms with Gasteiger partial charge in [-0.2, -0.15) is 0 Å². The van der Waals surface area contributed by atoms with E-state index in [9.17, 15) is 9.59 Å². The first-order valence-corrected chi connectivity index (χ1v) is 10.4. The molecule has 0 fully saturated rings. The highest BCUT2D eigenvalue weighted by atomic mass is 16.3. The topological polar surface area (TPSA) is 97.4 Å². The van der Waals surface area contributed by atoms with Gasteiger partial charge in [0.05, 0.1) is 0 Å². The molecule has 1 aromatic heterocycles. The van der Waals surface area contributed by atoms with Gasteiger partial charge in [0.15, 0.2) is 0 Å². The minimum absolute atomic E-state index is 0.0623. The highest BCUT2D eigenvalue weighted by molar-refractivity contribution is 6.05. The van der Waals surface area contributed by atoms with Crippen LogP contribution >= 0.6 is 0 Å². The van der Waals surface area contributed by atoms with Crippen LogP contribution in [0.1, 0.15) is 21.7 Å². The number of nitrogens with two attached hydrogens (primary N) is 1. The lowest BCUT2D eigenvalue weighted by atomic mass is 10.1. The van der Waals surface area contributed by atoms with Crippen molar-refractivity contribution < 1.29 is 14.0 Å². The minimum atomic E-state index is -0.458. The molecular weight excluding hydrogens is 414 g/mol. The number of furan rings is 1. The van der Waals surface area contributed by atoms with Crippen molar-refractivity contribution in [3.63, 3.8) is 0 Å². The van der Waals surface area contributed by atoms with Crippen LogP contribution in [0.4, 0.5) is 5.69 Å². The van der Waals surface area contributed by atoms with Gasteiger partial charge in [-0.3, -0.25) is 9.59 Å². The number of benzene rings is 3. The quantitative estimate of drug-likeness (QED) is 0.290. The normalized spacial score (nSPS) is 11.1. The molecule has 4 aromatic rings. The van der Waals surface area contributed by atoms with Crippen LogP contribution in [-0.2, 0) is 11.3 Å². The van der Waals surface area contributed by atoms with Crippen molar-refractivity contribution in [3.8, 4) is 11.3 Å². The van der Waals surface area contributed by atoms with Crippen LogP contribution in [0.15, 0.2) is 107 Å². The van der Waals surface area contributed by atoms with E-state index in [2.05, 4.69) is 10.6 Å². The summed E-state index contributed by atoms with van der Waals surface area (Å²) in [5.41, 5.74) is 8.74. The number of hydrogen-bond acceptors (Lipinski definition) is 4. The van der Waals surface area contributed by atoms with E-state index in [1.165, 1.54) is 6.08 Å². The van der Waals surface area contributed by atoms with Crippen LogP contribution in [-0.4, -0.2) is 11.8 Å². The first-order valence-electron chi connectivity index (χ1n) is 10.4. The molecule has 1 heterocycles. The van der Waals surface area contributed by atoms with Crippen molar-refractivity contribution >= 4 is 23.6 Å². The van der Waals surface area contributed by atoms with Crippen molar-refractivity contribution in [2.24, 2.45) is 0 Å². The molecule has 0 atom stereocenters. The molecule has 6 nitrogen and oxygen atoms in total. The van der Waals surface area contributed by atoms with Gasteiger partial charge in [0.25, 0.3) is 11.8 Å². The Morgan fingerprint density at radius 1 is 0.818 bits per heavy atom. The van der Waals surface area contributed by atoms with E-state index < -0.39 is 11.8 Å². The van der Waals surface area contributed by atoms with E-state index in [0.717, 1.165) is 11.1 Å². The number of anilines is 1. The summed E-state index contributed by atoms with van der Waals surface area (Å²) in [6, 6.07) is 29.2. The molecule has 2 amide bonds. The van der Waals surface area contributed by atoms with Gasteiger partial charge in [0.2, 0.25) is 0 Å². The van der Waals surface area contributed by atoms with Gasteiger partial charge < -0.3 is 20.8 Å². The molecule has 0 bridgehead atoms. The number of rotatable bonds is 7. The largest absolute Gasteiger partial charge is 0.457 e.